The first-order valence-electron chi connectivity index (χ1n) is 8.85. The van der Waals surface area contributed by atoms with Gasteiger partial charge in [-0.05, 0) is 54.8 Å². The van der Waals surface area contributed by atoms with Crippen LogP contribution in [0.15, 0.2) is 55.0 Å². The fourth-order valence-electron chi connectivity index (χ4n) is 4.18. The zero-order valence-corrected chi connectivity index (χ0v) is 13.7. The molecule has 0 amide bonds. The maximum atomic E-state index is 4.64. The summed E-state index contributed by atoms with van der Waals surface area (Å²) in [5.74, 6) is 0. The van der Waals surface area contributed by atoms with Gasteiger partial charge in [-0.15, -0.1) is 0 Å². The van der Waals surface area contributed by atoms with Crippen molar-refractivity contribution in [1.29, 1.82) is 0 Å². The average Bonchev–Trinajstić information content (AvgIpc) is 3.27. The molecule has 3 nitrogen and oxygen atoms in total. The maximum absolute atomic E-state index is 4.64. The molecule has 3 aromatic rings. The van der Waals surface area contributed by atoms with Crippen LogP contribution in [0, 0.1) is 0 Å². The summed E-state index contributed by atoms with van der Waals surface area (Å²) in [5.41, 5.74) is 7.91. The minimum absolute atomic E-state index is 0.627. The standard InChI is InChI=1S/C21H21N3/c1-2-4-18-15(3-1)13-20-21(18)19(7-11-23-20)16-8-12-24(14-16)17-5-9-22-10-6-17/h1-4,7-8,11-12,14,17,22H,5-6,9-10,13H2. The largest absolute Gasteiger partial charge is 0.351 e. The van der Waals surface area contributed by atoms with Crippen molar-refractivity contribution in [2.75, 3.05) is 13.1 Å². The Morgan fingerprint density at radius 2 is 1.88 bits per heavy atom. The first kappa shape index (κ1) is 14.0. The molecular formula is C21H21N3. The van der Waals surface area contributed by atoms with Gasteiger partial charge in [0.1, 0.15) is 0 Å². The highest BCUT2D eigenvalue weighted by Gasteiger charge is 2.23. The number of nitrogens with one attached hydrogen (secondary N) is 1. The molecule has 120 valence electrons. The molecule has 3 heteroatoms. The summed E-state index contributed by atoms with van der Waals surface area (Å²) >= 11 is 0. The van der Waals surface area contributed by atoms with Gasteiger partial charge >= 0.3 is 0 Å². The highest BCUT2D eigenvalue weighted by molar-refractivity contribution is 5.89. The van der Waals surface area contributed by atoms with Crippen molar-refractivity contribution >= 4 is 0 Å². The number of piperidine rings is 1. The molecule has 0 bridgehead atoms. The second-order valence-corrected chi connectivity index (χ2v) is 6.84. The first-order valence-corrected chi connectivity index (χ1v) is 8.85. The Hall–Kier alpha value is -2.39. The van der Waals surface area contributed by atoms with Gasteiger partial charge in [-0.1, -0.05) is 24.3 Å². The van der Waals surface area contributed by atoms with E-state index in [9.17, 15) is 0 Å². The molecule has 0 saturated carbocycles. The average molecular weight is 315 g/mol. The molecule has 5 rings (SSSR count). The van der Waals surface area contributed by atoms with E-state index in [0.29, 0.717) is 6.04 Å². The number of pyridine rings is 1. The van der Waals surface area contributed by atoms with Gasteiger partial charge in [0.05, 0.1) is 5.69 Å². The predicted molar refractivity (Wildman–Crippen MR) is 97.0 cm³/mol. The Labute approximate surface area is 142 Å². The van der Waals surface area contributed by atoms with Gasteiger partial charge in [0.2, 0.25) is 0 Å². The van der Waals surface area contributed by atoms with Crippen molar-refractivity contribution in [2.45, 2.75) is 25.3 Å². The monoisotopic (exact) mass is 315 g/mol. The second-order valence-electron chi connectivity index (χ2n) is 6.84. The van der Waals surface area contributed by atoms with Crippen LogP contribution in [0.1, 0.15) is 30.1 Å². The van der Waals surface area contributed by atoms with Gasteiger partial charge in [-0.25, -0.2) is 0 Å². The van der Waals surface area contributed by atoms with Crippen LogP contribution in [0.2, 0.25) is 0 Å². The molecule has 1 aromatic carbocycles. The van der Waals surface area contributed by atoms with Crippen molar-refractivity contribution in [3.63, 3.8) is 0 Å². The van der Waals surface area contributed by atoms with Crippen molar-refractivity contribution in [3.05, 3.63) is 66.2 Å². The molecule has 1 aliphatic carbocycles. The van der Waals surface area contributed by atoms with Crippen LogP contribution in [-0.2, 0) is 6.42 Å². The number of fused-ring (bicyclic) bond motifs is 3. The Morgan fingerprint density at radius 1 is 1.00 bits per heavy atom. The Bertz CT molecular complexity index is 888. The maximum Gasteiger partial charge on any atom is 0.0532 e. The topological polar surface area (TPSA) is 29.9 Å². The van der Waals surface area contributed by atoms with Crippen molar-refractivity contribution in [1.82, 2.24) is 14.9 Å². The number of rotatable bonds is 2. The molecule has 0 atom stereocenters. The summed E-state index contributed by atoms with van der Waals surface area (Å²) in [6, 6.07) is 13.8. The van der Waals surface area contributed by atoms with Gasteiger partial charge in [0, 0.05) is 42.2 Å². The van der Waals surface area contributed by atoms with E-state index in [1.807, 2.05) is 6.20 Å². The van der Waals surface area contributed by atoms with E-state index in [1.54, 1.807) is 0 Å². The minimum Gasteiger partial charge on any atom is -0.351 e. The predicted octanol–water partition coefficient (Wildman–Crippen LogP) is 4.05. The van der Waals surface area contributed by atoms with Gasteiger partial charge in [0.25, 0.3) is 0 Å². The number of hydrogen-bond donors (Lipinski definition) is 1. The SMILES string of the molecule is c1ccc2c(c1)Cc1nccc(-c3ccn(C4CCNCC4)c3)c1-2. The summed E-state index contributed by atoms with van der Waals surface area (Å²) in [6.45, 7) is 2.24. The van der Waals surface area contributed by atoms with Crippen LogP contribution < -0.4 is 5.32 Å². The van der Waals surface area contributed by atoms with E-state index >= 15 is 0 Å². The lowest BCUT2D eigenvalue weighted by atomic mass is 9.98. The Balaban J connectivity index is 1.58. The number of hydrogen-bond acceptors (Lipinski definition) is 2. The van der Waals surface area contributed by atoms with E-state index in [1.165, 1.54) is 46.4 Å². The molecule has 0 unspecified atom stereocenters. The molecule has 3 heterocycles. The van der Waals surface area contributed by atoms with Crippen LogP contribution in [-0.4, -0.2) is 22.6 Å². The molecule has 1 fully saturated rings. The summed E-state index contributed by atoms with van der Waals surface area (Å²) < 4.78 is 2.41. The summed E-state index contributed by atoms with van der Waals surface area (Å²) in [4.78, 5) is 4.64. The third-order valence-electron chi connectivity index (χ3n) is 5.43. The van der Waals surface area contributed by atoms with Gasteiger partial charge in [0.15, 0.2) is 0 Å². The van der Waals surface area contributed by atoms with Gasteiger partial charge < -0.3 is 9.88 Å². The highest BCUT2D eigenvalue weighted by Crippen LogP contribution is 2.42. The molecule has 2 aliphatic rings. The lowest BCUT2D eigenvalue weighted by Crippen LogP contribution is -2.28. The zero-order valence-electron chi connectivity index (χ0n) is 13.7. The molecule has 24 heavy (non-hydrogen) atoms. The molecule has 1 saturated heterocycles. The summed E-state index contributed by atoms with van der Waals surface area (Å²) in [5, 5.41) is 3.45. The van der Waals surface area contributed by atoms with Crippen LogP contribution in [0.5, 0.6) is 0 Å². The lowest BCUT2D eigenvalue weighted by molar-refractivity contribution is 0.369. The Kier molecular flexibility index (Phi) is 3.27. The fraction of sp³-hybridized carbons (Fsp3) is 0.286. The van der Waals surface area contributed by atoms with Gasteiger partial charge in [-0.2, -0.15) is 0 Å². The van der Waals surface area contributed by atoms with Crippen molar-refractivity contribution in [3.8, 4) is 22.3 Å². The van der Waals surface area contributed by atoms with E-state index in [4.69, 9.17) is 0 Å². The van der Waals surface area contributed by atoms with Crippen LogP contribution in [0.4, 0.5) is 0 Å². The van der Waals surface area contributed by atoms with Crippen molar-refractivity contribution < 1.29 is 0 Å². The van der Waals surface area contributed by atoms with E-state index < -0.39 is 0 Å². The fourth-order valence-corrected chi connectivity index (χ4v) is 4.18. The smallest absolute Gasteiger partial charge is 0.0532 e. The van der Waals surface area contributed by atoms with E-state index in [0.717, 1.165) is 19.5 Å². The quantitative estimate of drug-likeness (QED) is 0.605. The normalized spacial score (nSPS) is 16.8. The van der Waals surface area contributed by atoms with Crippen molar-refractivity contribution in [2.24, 2.45) is 0 Å². The van der Waals surface area contributed by atoms with E-state index in [-0.39, 0.29) is 0 Å². The highest BCUT2D eigenvalue weighted by atomic mass is 15.0. The molecule has 0 radical (unpaired) electrons. The Morgan fingerprint density at radius 3 is 2.79 bits per heavy atom. The van der Waals surface area contributed by atoms with Crippen LogP contribution in [0.3, 0.4) is 0 Å². The minimum atomic E-state index is 0.627. The second kappa shape index (κ2) is 5.60. The zero-order chi connectivity index (χ0) is 15.9. The first-order chi connectivity index (χ1) is 11.9. The third kappa shape index (κ3) is 2.20. The lowest BCUT2D eigenvalue weighted by Gasteiger charge is -2.24. The van der Waals surface area contributed by atoms with Gasteiger partial charge in [-0.3, -0.25) is 4.98 Å². The number of aromatic nitrogens is 2. The summed E-state index contributed by atoms with van der Waals surface area (Å²) in [7, 11) is 0. The molecular weight excluding hydrogens is 294 g/mol. The molecule has 1 N–H and O–H groups in total. The van der Waals surface area contributed by atoms with E-state index in [2.05, 4.69) is 63.7 Å². The third-order valence-corrected chi connectivity index (χ3v) is 5.43. The van der Waals surface area contributed by atoms with Crippen LogP contribution in [0.25, 0.3) is 22.3 Å². The molecule has 1 aliphatic heterocycles. The van der Waals surface area contributed by atoms with Crippen LogP contribution >= 0.6 is 0 Å². The number of nitrogens with zero attached hydrogens (tertiary/aromatic N) is 2. The number of benzene rings is 1. The molecule has 0 spiro atoms. The molecule has 2 aromatic heterocycles. The summed E-state index contributed by atoms with van der Waals surface area (Å²) in [6.07, 6.45) is 9.92.